The molecule has 0 saturated carbocycles. The van der Waals surface area contributed by atoms with Crippen LogP contribution < -0.4 is 5.48 Å². The minimum atomic E-state index is -0.585. The van der Waals surface area contributed by atoms with E-state index in [-0.39, 0.29) is 6.73 Å². The van der Waals surface area contributed by atoms with Crippen molar-refractivity contribution in [1.29, 1.82) is 0 Å². The van der Waals surface area contributed by atoms with Crippen LogP contribution in [0.15, 0.2) is 18.2 Å². The van der Waals surface area contributed by atoms with Crippen LogP contribution in [0.25, 0.3) is 10.9 Å². The Labute approximate surface area is 125 Å². The monoisotopic (exact) mass is 311 g/mol. The highest BCUT2D eigenvalue weighted by Gasteiger charge is 2.11. The number of carbonyl (C=O) groups is 1. The Kier molecular flexibility index (Phi) is 4.87. The van der Waals surface area contributed by atoms with E-state index in [4.69, 9.17) is 9.94 Å². The van der Waals surface area contributed by atoms with Gasteiger partial charge in [-0.1, -0.05) is 0 Å². The van der Waals surface area contributed by atoms with Crippen LogP contribution in [0.4, 0.5) is 5.69 Å². The van der Waals surface area contributed by atoms with Gasteiger partial charge in [-0.3, -0.25) is 15.5 Å². The molecule has 0 aliphatic rings. The van der Waals surface area contributed by atoms with E-state index in [1.807, 2.05) is 0 Å². The van der Waals surface area contributed by atoms with E-state index >= 15 is 0 Å². The number of nitrogens with zero attached hydrogens (tertiary/aromatic N) is 2. The Bertz CT molecular complexity index is 634. The number of rotatable bonds is 7. The number of nitrogens with one attached hydrogen (secondary N) is 1. The quantitative estimate of drug-likeness (QED) is 0.466. The highest BCUT2D eigenvalue weighted by atomic mass is 32.3. The van der Waals surface area contributed by atoms with Crippen molar-refractivity contribution >= 4 is 32.9 Å². The summed E-state index contributed by atoms with van der Waals surface area (Å²) in [5.41, 5.74) is 3.76. The van der Waals surface area contributed by atoms with Crippen LogP contribution in [0.1, 0.15) is 10.5 Å². The van der Waals surface area contributed by atoms with Gasteiger partial charge in [0.1, 0.15) is 12.4 Å². The lowest BCUT2D eigenvalue weighted by molar-refractivity contribution is 0.0835. The van der Waals surface area contributed by atoms with Crippen LogP contribution in [-0.2, 0) is 11.5 Å². The molecule has 0 atom stereocenters. The average molecular weight is 311 g/mol. The van der Waals surface area contributed by atoms with E-state index in [0.717, 1.165) is 22.9 Å². The summed E-state index contributed by atoms with van der Waals surface area (Å²) in [6.07, 6.45) is 7.44. The van der Waals surface area contributed by atoms with Crippen LogP contribution in [0.5, 0.6) is 0 Å². The normalized spacial score (nSPS) is 12.6. The topological polar surface area (TPSA) is 76.4 Å². The van der Waals surface area contributed by atoms with Crippen LogP contribution in [-0.4, -0.2) is 52.4 Å². The van der Waals surface area contributed by atoms with E-state index in [1.54, 1.807) is 22.9 Å². The van der Waals surface area contributed by atoms with Crippen LogP contribution in [0.2, 0.25) is 0 Å². The number of hydrogen-bond donors (Lipinski definition) is 2. The molecule has 6 nitrogen and oxygen atoms in total. The van der Waals surface area contributed by atoms with Crippen molar-refractivity contribution in [2.24, 2.45) is 0 Å². The molecule has 21 heavy (non-hydrogen) atoms. The fourth-order valence-corrected chi connectivity index (χ4v) is 2.53. The van der Waals surface area contributed by atoms with E-state index in [0.29, 0.717) is 18.0 Å². The summed E-state index contributed by atoms with van der Waals surface area (Å²) in [6.45, 7) is 0.948. The zero-order valence-electron chi connectivity index (χ0n) is 12.5. The second kappa shape index (κ2) is 6.46. The molecular formula is C14H21N3O3S. The molecule has 1 aromatic heterocycles. The summed E-state index contributed by atoms with van der Waals surface area (Å²) in [4.78, 5) is 11.1. The molecule has 1 aromatic carbocycles. The third-order valence-corrected chi connectivity index (χ3v) is 4.47. The second-order valence-electron chi connectivity index (χ2n) is 5.68. The first-order chi connectivity index (χ1) is 9.94. The van der Waals surface area contributed by atoms with Crippen molar-refractivity contribution in [3.05, 3.63) is 23.9 Å². The van der Waals surface area contributed by atoms with Gasteiger partial charge < -0.3 is 4.74 Å². The molecule has 7 heteroatoms. The second-order valence-corrected chi connectivity index (χ2v) is 10.3. The smallest absolute Gasteiger partial charge is 0.170 e. The molecule has 0 unspecified atom stereocenters. The van der Waals surface area contributed by atoms with Gasteiger partial charge in [0.25, 0.3) is 0 Å². The van der Waals surface area contributed by atoms with Crippen molar-refractivity contribution in [2.75, 3.05) is 36.6 Å². The summed E-state index contributed by atoms with van der Waals surface area (Å²) in [6, 6.07) is 5.17. The first-order valence-corrected chi connectivity index (χ1v) is 9.57. The molecule has 2 rings (SSSR count). The predicted molar refractivity (Wildman–Crippen MR) is 86.7 cm³/mol. The fourth-order valence-electron chi connectivity index (χ4n) is 1.91. The molecule has 0 fully saturated rings. The fraction of sp³-hybridized carbons (Fsp3) is 0.429. The summed E-state index contributed by atoms with van der Waals surface area (Å²) in [5.74, 6) is 1.02. The number of aldehydes is 1. The average Bonchev–Trinajstić information content (AvgIpc) is 2.79. The van der Waals surface area contributed by atoms with Crippen molar-refractivity contribution in [3.8, 4) is 0 Å². The molecule has 2 N–H and O–H groups in total. The molecular weight excluding hydrogens is 290 g/mol. The lowest BCUT2D eigenvalue weighted by Gasteiger charge is -2.24. The lowest BCUT2D eigenvalue weighted by Crippen LogP contribution is -2.11. The molecule has 0 spiro atoms. The van der Waals surface area contributed by atoms with Gasteiger partial charge in [-0.25, -0.2) is 14.7 Å². The van der Waals surface area contributed by atoms with Crippen LogP contribution >= 0.6 is 10.0 Å². The number of benzene rings is 1. The number of fused-ring (bicyclic) bond motifs is 1. The van der Waals surface area contributed by atoms with Crippen molar-refractivity contribution < 1.29 is 14.7 Å². The van der Waals surface area contributed by atoms with Crippen molar-refractivity contribution in [2.45, 2.75) is 6.73 Å². The van der Waals surface area contributed by atoms with Gasteiger partial charge in [0.05, 0.1) is 17.8 Å². The molecule has 0 aliphatic heterocycles. The summed E-state index contributed by atoms with van der Waals surface area (Å²) in [7, 11) is -0.585. The number of ether oxygens (including phenoxy) is 1. The number of carbonyl (C=O) groups excluding carboxylic acids is 1. The SMILES string of the molecule is CS(C)(C)CCOCn1nc(C=O)c2ccc(NO)cc21. The molecule has 1 heterocycles. The van der Waals surface area contributed by atoms with Gasteiger partial charge in [0.15, 0.2) is 6.29 Å². The van der Waals surface area contributed by atoms with Gasteiger partial charge in [-0.15, -0.1) is 0 Å². The van der Waals surface area contributed by atoms with E-state index < -0.39 is 10.0 Å². The molecule has 0 saturated heterocycles. The number of anilines is 1. The molecule has 0 amide bonds. The first kappa shape index (κ1) is 15.8. The predicted octanol–water partition coefficient (Wildman–Crippen LogP) is 2.32. The number of hydrogen-bond acceptors (Lipinski definition) is 5. The molecule has 0 radical (unpaired) electrons. The Morgan fingerprint density at radius 2 is 2.19 bits per heavy atom. The maximum atomic E-state index is 11.1. The van der Waals surface area contributed by atoms with Crippen molar-refractivity contribution in [1.82, 2.24) is 9.78 Å². The molecule has 116 valence electrons. The summed E-state index contributed by atoms with van der Waals surface area (Å²) < 4.78 is 7.29. The van der Waals surface area contributed by atoms with Gasteiger partial charge in [0, 0.05) is 11.1 Å². The summed E-state index contributed by atoms with van der Waals surface area (Å²) >= 11 is 0. The zero-order valence-corrected chi connectivity index (χ0v) is 13.3. The highest BCUT2D eigenvalue weighted by molar-refractivity contribution is 8.32. The minimum absolute atomic E-state index is 0.286. The standard InChI is InChI=1S/C14H21N3O3S/c1-21(2,3)7-6-20-10-17-14-8-11(16-19)4-5-12(14)13(9-18)15-17/h4-5,8-9,16,19H,6-7,10H2,1-3H3. The largest absolute Gasteiger partial charge is 0.358 e. The van der Waals surface area contributed by atoms with E-state index in [2.05, 4.69) is 29.3 Å². The van der Waals surface area contributed by atoms with E-state index in [1.165, 1.54) is 0 Å². The Hall–Kier alpha value is -1.57. The zero-order chi connectivity index (χ0) is 15.5. The Balaban J connectivity index is 2.16. The van der Waals surface area contributed by atoms with E-state index in [9.17, 15) is 4.79 Å². The Morgan fingerprint density at radius 1 is 1.43 bits per heavy atom. The maximum absolute atomic E-state index is 11.1. The molecule has 2 aromatic rings. The van der Waals surface area contributed by atoms with Crippen molar-refractivity contribution in [3.63, 3.8) is 0 Å². The first-order valence-electron chi connectivity index (χ1n) is 6.54. The molecule has 0 aliphatic carbocycles. The minimum Gasteiger partial charge on any atom is -0.358 e. The lowest BCUT2D eigenvalue weighted by atomic mass is 10.2. The third-order valence-electron chi connectivity index (χ3n) is 3.07. The van der Waals surface area contributed by atoms with Gasteiger partial charge in [-0.2, -0.15) is 5.10 Å². The third kappa shape index (κ3) is 3.96. The van der Waals surface area contributed by atoms with Gasteiger partial charge in [0.2, 0.25) is 0 Å². The maximum Gasteiger partial charge on any atom is 0.170 e. The highest BCUT2D eigenvalue weighted by Crippen LogP contribution is 2.33. The van der Waals surface area contributed by atoms with Crippen LogP contribution in [0.3, 0.4) is 0 Å². The van der Waals surface area contributed by atoms with Crippen LogP contribution in [0, 0.1) is 0 Å². The summed E-state index contributed by atoms with van der Waals surface area (Å²) in [5, 5.41) is 14.0. The number of aromatic nitrogens is 2. The molecule has 0 bridgehead atoms. The van der Waals surface area contributed by atoms with Gasteiger partial charge in [-0.05, 0) is 37.0 Å². The van der Waals surface area contributed by atoms with Gasteiger partial charge >= 0.3 is 0 Å². The Morgan fingerprint density at radius 3 is 2.81 bits per heavy atom.